The van der Waals surface area contributed by atoms with Crippen molar-refractivity contribution in [3.05, 3.63) is 59.4 Å². The van der Waals surface area contributed by atoms with Crippen LogP contribution in [0, 0.1) is 11.7 Å². The van der Waals surface area contributed by atoms with E-state index < -0.39 is 47.3 Å². The van der Waals surface area contributed by atoms with Gasteiger partial charge in [0.1, 0.15) is 17.5 Å². The number of amides is 1. The lowest BCUT2D eigenvalue weighted by molar-refractivity contribution is -0.167. The first-order chi connectivity index (χ1) is 19.0. The number of ether oxygens (including phenoxy) is 2. The van der Waals surface area contributed by atoms with Gasteiger partial charge in [0, 0.05) is 37.8 Å². The van der Waals surface area contributed by atoms with Gasteiger partial charge in [0.25, 0.3) is 0 Å². The maximum atomic E-state index is 15.4. The Labute approximate surface area is 230 Å². The largest absolute Gasteiger partial charge is 0.416 e. The molecule has 11 heteroatoms. The standard InChI is InChI=1S/C29H36F4N2O5/c1-39-12-3-2-10-28(38,25-17-35(11-13-40-25)27(37)19-15-23(34)24(36)16-19)21-8-5-9-22(30)26(21)18-6-4-7-20(14-18)29(31,32)33/h4-9,14,19,23-25,36,38H,2-3,10-13,15-17,34H2,1H3. The van der Waals surface area contributed by atoms with E-state index in [0.717, 1.165) is 18.2 Å². The monoisotopic (exact) mass is 568 g/mol. The number of hydrogen-bond donors (Lipinski definition) is 3. The van der Waals surface area contributed by atoms with Gasteiger partial charge in [-0.25, -0.2) is 4.39 Å². The number of methoxy groups -OCH3 is 1. The van der Waals surface area contributed by atoms with Crippen molar-refractivity contribution in [1.82, 2.24) is 4.90 Å². The molecule has 0 aromatic heterocycles. The minimum atomic E-state index is -4.64. The Morgan fingerprint density at radius 2 is 1.93 bits per heavy atom. The minimum Gasteiger partial charge on any atom is -0.391 e. The fourth-order valence-corrected chi connectivity index (χ4v) is 5.79. The van der Waals surface area contributed by atoms with Gasteiger partial charge < -0.3 is 30.3 Å². The van der Waals surface area contributed by atoms with Crippen molar-refractivity contribution in [2.75, 3.05) is 33.4 Å². The molecule has 5 unspecified atom stereocenters. The Morgan fingerprint density at radius 1 is 1.18 bits per heavy atom. The van der Waals surface area contributed by atoms with E-state index in [4.69, 9.17) is 15.2 Å². The van der Waals surface area contributed by atoms with Gasteiger partial charge in [0.05, 0.1) is 24.8 Å². The lowest BCUT2D eigenvalue weighted by atomic mass is 9.78. The molecule has 1 amide bonds. The molecule has 7 nitrogen and oxygen atoms in total. The number of nitrogens with two attached hydrogens (primary N) is 1. The Balaban J connectivity index is 1.72. The molecule has 0 bridgehead atoms. The number of alkyl halides is 3. The van der Waals surface area contributed by atoms with Crippen LogP contribution in [0.25, 0.3) is 11.1 Å². The molecule has 1 heterocycles. The van der Waals surface area contributed by atoms with E-state index in [1.807, 2.05) is 0 Å². The number of hydrogen-bond acceptors (Lipinski definition) is 6. The van der Waals surface area contributed by atoms with Crippen LogP contribution in [0.15, 0.2) is 42.5 Å². The Hall–Kier alpha value is -2.57. The number of benzene rings is 2. The van der Waals surface area contributed by atoms with E-state index in [1.165, 1.54) is 24.3 Å². The fourth-order valence-electron chi connectivity index (χ4n) is 5.79. The minimum absolute atomic E-state index is 0.0139. The highest BCUT2D eigenvalue weighted by molar-refractivity contribution is 5.79. The van der Waals surface area contributed by atoms with Crippen molar-refractivity contribution >= 4 is 5.91 Å². The van der Waals surface area contributed by atoms with Crippen LogP contribution in [0.2, 0.25) is 0 Å². The van der Waals surface area contributed by atoms with E-state index in [1.54, 1.807) is 12.0 Å². The Bertz CT molecular complexity index is 1170. The molecular weight excluding hydrogens is 532 g/mol. The van der Waals surface area contributed by atoms with E-state index in [9.17, 15) is 28.2 Å². The van der Waals surface area contributed by atoms with Crippen LogP contribution in [-0.4, -0.2) is 72.7 Å². The van der Waals surface area contributed by atoms with Crippen LogP contribution in [0.4, 0.5) is 17.6 Å². The first-order valence-corrected chi connectivity index (χ1v) is 13.5. The van der Waals surface area contributed by atoms with Gasteiger partial charge >= 0.3 is 6.18 Å². The normalized spacial score (nSPS) is 25.1. The molecule has 40 heavy (non-hydrogen) atoms. The number of unbranched alkanes of at least 4 members (excludes halogenated alkanes) is 1. The van der Waals surface area contributed by atoms with Gasteiger partial charge in [0.2, 0.25) is 5.91 Å². The molecule has 220 valence electrons. The van der Waals surface area contributed by atoms with Gasteiger partial charge in [-0.15, -0.1) is 0 Å². The van der Waals surface area contributed by atoms with Gasteiger partial charge in [0.15, 0.2) is 0 Å². The van der Waals surface area contributed by atoms with Crippen LogP contribution >= 0.6 is 0 Å². The number of carbonyl (C=O) groups excluding carboxylic acids is 1. The Kier molecular flexibility index (Phi) is 9.51. The zero-order valence-corrected chi connectivity index (χ0v) is 22.4. The molecule has 5 atom stereocenters. The zero-order valence-electron chi connectivity index (χ0n) is 22.4. The SMILES string of the molecule is COCCCCC(O)(c1cccc(F)c1-c1cccc(C(F)(F)F)c1)C1CN(C(=O)C2CC(N)C(O)C2)CCO1. The van der Waals surface area contributed by atoms with E-state index in [0.29, 0.717) is 25.9 Å². The molecule has 1 aliphatic heterocycles. The molecule has 0 spiro atoms. The summed E-state index contributed by atoms with van der Waals surface area (Å²) in [5, 5.41) is 22.3. The van der Waals surface area contributed by atoms with E-state index in [2.05, 4.69) is 0 Å². The van der Waals surface area contributed by atoms with E-state index in [-0.39, 0.29) is 55.1 Å². The first-order valence-electron chi connectivity index (χ1n) is 13.5. The third kappa shape index (κ3) is 6.49. The molecule has 0 radical (unpaired) electrons. The quantitative estimate of drug-likeness (QED) is 0.314. The van der Waals surface area contributed by atoms with Crippen LogP contribution in [0.1, 0.15) is 43.2 Å². The summed E-state index contributed by atoms with van der Waals surface area (Å²) in [5.41, 5.74) is 3.03. The number of nitrogens with zero attached hydrogens (tertiary/aromatic N) is 1. The smallest absolute Gasteiger partial charge is 0.391 e. The third-order valence-corrected chi connectivity index (χ3v) is 7.95. The summed E-state index contributed by atoms with van der Waals surface area (Å²) in [6.45, 7) is 0.771. The second-order valence-electron chi connectivity index (χ2n) is 10.7. The highest BCUT2D eigenvalue weighted by atomic mass is 19.4. The third-order valence-electron chi connectivity index (χ3n) is 7.95. The van der Waals surface area contributed by atoms with E-state index >= 15 is 4.39 Å². The highest BCUT2D eigenvalue weighted by Gasteiger charge is 2.46. The highest BCUT2D eigenvalue weighted by Crippen LogP contribution is 2.42. The predicted molar refractivity (Wildman–Crippen MR) is 139 cm³/mol. The molecule has 2 aromatic rings. The summed E-state index contributed by atoms with van der Waals surface area (Å²) in [5.74, 6) is -1.46. The molecule has 1 saturated carbocycles. The van der Waals surface area contributed by atoms with Crippen LogP contribution < -0.4 is 5.73 Å². The number of rotatable bonds is 9. The van der Waals surface area contributed by atoms with Crippen molar-refractivity contribution in [3.8, 4) is 11.1 Å². The van der Waals surface area contributed by atoms with Crippen molar-refractivity contribution < 1.29 is 42.0 Å². The van der Waals surface area contributed by atoms with Crippen molar-refractivity contribution in [3.63, 3.8) is 0 Å². The fraction of sp³-hybridized carbons (Fsp3) is 0.552. The van der Waals surface area contributed by atoms with Crippen molar-refractivity contribution in [2.45, 2.75) is 62.1 Å². The van der Waals surface area contributed by atoms with Gasteiger partial charge in [-0.05, 0) is 61.4 Å². The molecule has 2 aromatic carbocycles. The average Bonchev–Trinajstić information content (AvgIpc) is 3.27. The maximum absolute atomic E-state index is 15.4. The summed E-state index contributed by atoms with van der Waals surface area (Å²) >= 11 is 0. The van der Waals surface area contributed by atoms with Crippen LogP contribution in [0.3, 0.4) is 0 Å². The summed E-state index contributed by atoms with van der Waals surface area (Å²) < 4.78 is 67.1. The molecule has 2 aliphatic rings. The van der Waals surface area contributed by atoms with Gasteiger partial charge in [-0.1, -0.05) is 24.3 Å². The first kappa shape index (κ1) is 30.4. The van der Waals surface area contributed by atoms with Crippen LogP contribution in [-0.2, 0) is 26.0 Å². The Morgan fingerprint density at radius 3 is 2.60 bits per heavy atom. The average molecular weight is 569 g/mol. The lowest BCUT2D eigenvalue weighted by Gasteiger charge is -2.43. The van der Waals surface area contributed by atoms with Crippen molar-refractivity contribution in [2.24, 2.45) is 11.7 Å². The molecule has 1 aliphatic carbocycles. The lowest BCUT2D eigenvalue weighted by Crippen LogP contribution is -2.55. The number of aliphatic hydroxyl groups is 2. The zero-order chi connectivity index (χ0) is 29.1. The molecule has 4 rings (SSSR count). The van der Waals surface area contributed by atoms with Gasteiger partial charge in [-0.3, -0.25) is 4.79 Å². The topological polar surface area (TPSA) is 105 Å². The summed E-state index contributed by atoms with van der Waals surface area (Å²) in [6.07, 6.45) is -4.71. The molecule has 2 fully saturated rings. The summed E-state index contributed by atoms with van der Waals surface area (Å²) in [7, 11) is 1.55. The molecule has 4 N–H and O–H groups in total. The number of halogens is 4. The van der Waals surface area contributed by atoms with Crippen LogP contribution in [0.5, 0.6) is 0 Å². The number of aliphatic hydroxyl groups excluding tert-OH is 1. The number of carbonyl (C=O) groups is 1. The maximum Gasteiger partial charge on any atom is 0.416 e. The summed E-state index contributed by atoms with van der Waals surface area (Å²) in [4.78, 5) is 14.9. The molecular formula is C29H36F4N2O5. The second-order valence-corrected chi connectivity index (χ2v) is 10.7. The van der Waals surface area contributed by atoms with Crippen molar-refractivity contribution in [1.29, 1.82) is 0 Å². The summed E-state index contributed by atoms with van der Waals surface area (Å²) in [6, 6.07) is 7.86. The number of morpholine rings is 1. The predicted octanol–water partition coefficient (Wildman–Crippen LogP) is 3.84. The molecule has 1 saturated heterocycles. The second kappa shape index (κ2) is 12.5. The van der Waals surface area contributed by atoms with Gasteiger partial charge in [-0.2, -0.15) is 13.2 Å².